The van der Waals surface area contributed by atoms with Gasteiger partial charge in [0.25, 0.3) is 0 Å². The molecule has 2 aliphatic carbocycles. The first-order valence-corrected chi connectivity index (χ1v) is 7.29. The normalized spacial score (nSPS) is 23.1. The maximum absolute atomic E-state index is 11.5. The molecule has 0 aliphatic heterocycles. The zero-order chi connectivity index (χ0) is 13.2. The van der Waals surface area contributed by atoms with Crippen molar-refractivity contribution in [3.05, 3.63) is 30.1 Å². The largest absolute Gasteiger partial charge is 0.344 e. The lowest BCUT2D eigenvalue weighted by molar-refractivity contribution is -0.117. The molecule has 4 nitrogen and oxygen atoms in total. The zero-order valence-electron chi connectivity index (χ0n) is 11.3. The summed E-state index contributed by atoms with van der Waals surface area (Å²) in [6.45, 7) is 3.51. The number of nitrogens with one attached hydrogen (secondary N) is 1. The Labute approximate surface area is 113 Å². The molecule has 0 saturated heterocycles. The Hall–Kier alpha value is -1.58. The second-order valence-electron chi connectivity index (χ2n) is 5.62. The average Bonchev–Trinajstić information content (AvgIpc) is 3.07. The second-order valence-corrected chi connectivity index (χ2v) is 5.62. The van der Waals surface area contributed by atoms with E-state index in [2.05, 4.69) is 22.8 Å². The van der Waals surface area contributed by atoms with E-state index in [1.54, 1.807) is 0 Å². The number of carbonyl (C=O) groups is 1. The highest BCUT2D eigenvalue weighted by Gasteiger charge is 2.27. The van der Waals surface area contributed by atoms with Crippen molar-refractivity contribution >= 4 is 5.91 Å². The fraction of sp³-hybridized carbons (Fsp3) is 0.600. The molecule has 2 aliphatic rings. The SMILES string of the molecule is C=CC(=O)N[C@H]1CCCc2cn(C3CCCC3)nc21. The van der Waals surface area contributed by atoms with Gasteiger partial charge in [-0.3, -0.25) is 9.48 Å². The Morgan fingerprint density at radius 3 is 2.89 bits per heavy atom. The molecule has 19 heavy (non-hydrogen) atoms. The topological polar surface area (TPSA) is 46.9 Å². The number of fused-ring (bicyclic) bond motifs is 1. The van der Waals surface area contributed by atoms with Crippen molar-refractivity contribution in [2.24, 2.45) is 0 Å². The summed E-state index contributed by atoms with van der Waals surface area (Å²) in [6.07, 6.45) is 11.8. The third kappa shape index (κ3) is 2.44. The molecule has 0 bridgehead atoms. The Balaban J connectivity index is 1.82. The molecular weight excluding hydrogens is 238 g/mol. The van der Waals surface area contributed by atoms with Gasteiger partial charge in [0.2, 0.25) is 5.91 Å². The number of nitrogens with zero attached hydrogens (tertiary/aromatic N) is 2. The van der Waals surface area contributed by atoms with Gasteiger partial charge in [0.1, 0.15) is 0 Å². The van der Waals surface area contributed by atoms with Crippen molar-refractivity contribution in [2.45, 2.75) is 57.0 Å². The highest BCUT2D eigenvalue weighted by Crippen LogP contribution is 2.33. The smallest absolute Gasteiger partial charge is 0.243 e. The molecule has 1 atom stereocenters. The van der Waals surface area contributed by atoms with Gasteiger partial charge in [-0.25, -0.2) is 0 Å². The lowest BCUT2D eigenvalue weighted by Crippen LogP contribution is -2.29. The minimum absolute atomic E-state index is 0.0666. The first-order valence-electron chi connectivity index (χ1n) is 7.29. The van der Waals surface area contributed by atoms with Crippen LogP contribution in [0.3, 0.4) is 0 Å². The summed E-state index contributed by atoms with van der Waals surface area (Å²) >= 11 is 0. The van der Waals surface area contributed by atoms with Crippen molar-refractivity contribution in [3.63, 3.8) is 0 Å². The van der Waals surface area contributed by atoms with Crippen LogP contribution in [0.25, 0.3) is 0 Å². The molecule has 1 saturated carbocycles. The van der Waals surface area contributed by atoms with Crippen molar-refractivity contribution in [1.29, 1.82) is 0 Å². The highest BCUT2D eigenvalue weighted by molar-refractivity contribution is 5.87. The summed E-state index contributed by atoms with van der Waals surface area (Å²) in [4.78, 5) is 11.5. The molecule has 0 radical (unpaired) electrons. The number of rotatable bonds is 3. The minimum Gasteiger partial charge on any atom is -0.344 e. The minimum atomic E-state index is -0.103. The standard InChI is InChI=1S/C15H21N3O/c1-2-14(19)16-13-9-5-6-11-10-18(17-15(11)13)12-7-3-4-8-12/h2,10,12-13H,1,3-9H2,(H,16,19)/t13-/m0/s1. The van der Waals surface area contributed by atoms with Gasteiger partial charge in [0.15, 0.2) is 0 Å². The van der Waals surface area contributed by atoms with Crippen molar-refractivity contribution in [3.8, 4) is 0 Å². The fourth-order valence-corrected chi connectivity index (χ4v) is 3.29. The van der Waals surface area contributed by atoms with Gasteiger partial charge in [-0.15, -0.1) is 0 Å². The average molecular weight is 259 g/mol. The molecule has 1 N–H and O–H groups in total. The molecule has 3 rings (SSSR count). The van der Waals surface area contributed by atoms with Gasteiger partial charge >= 0.3 is 0 Å². The van der Waals surface area contributed by atoms with E-state index in [0.29, 0.717) is 6.04 Å². The molecule has 1 fully saturated rings. The van der Waals surface area contributed by atoms with Crippen LogP contribution in [0.2, 0.25) is 0 Å². The summed E-state index contributed by atoms with van der Waals surface area (Å²) in [5.41, 5.74) is 2.39. The zero-order valence-corrected chi connectivity index (χ0v) is 11.3. The number of hydrogen-bond donors (Lipinski definition) is 1. The maximum Gasteiger partial charge on any atom is 0.243 e. The summed E-state index contributed by atoms with van der Waals surface area (Å²) in [5, 5.41) is 7.77. The van der Waals surface area contributed by atoms with Crippen LogP contribution < -0.4 is 5.32 Å². The molecule has 1 amide bonds. The maximum atomic E-state index is 11.5. The molecule has 102 valence electrons. The van der Waals surface area contributed by atoms with Gasteiger partial charge in [0, 0.05) is 6.20 Å². The van der Waals surface area contributed by atoms with Gasteiger partial charge in [-0.1, -0.05) is 19.4 Å². The van der Waals surface area contributed by atoms with Crippen LogP contribution >= 0.6 is 0 Å². The number of aryl methyl sites for hydroxylation is 1. The molecule has 1 heterocycles. The van der Waals surface area contributed by atoms with Gasteiger partial charge in [-0.05, 0) is 43.7 Å². The number of hydrogen-bond acceptors (Lipinski definition) is 2. The first-order chi connectivity index (χ1) is 9.28. The van der Waals surface area contributed by atoms with Gasteiger partial charge in [0.05, 0.1) is 17.8 Å². The predicted octanol–water partition coefficient (Wildman–Crippen LogP) is 2.68. The van der Waals surface area contributed by atoms with Crippen LogP contribution in [0.15, 0.2) is 18.9 Å². The number of amides is 1. The van der Waals surface area contributed by atoms with Crippen LogP contribution in [0.4, 0.5) is 0 Å². The molecule has 1 aromatic rings. The van der Waals surface area contributed by atoms with E-state index in [-0.39, 0.29) is 11.9 Å². The summed E-state index contributed by atoms with van der Waals surface area (Å²) in [6, 6.07) is 0.637. The van der Waals surface area contributed by atoms with E-state index in [1.807, 2.05) is 0 Å². The van der Waals surface area contributed by atoms with Crippen LogP contribution in [-0.4, -0.2) is 15.7 Å². The van der Waals surface area contributed by atoms with E-state index in [9.17, 15) is 4.79 Å². The lowest BCUT2D eigenvalue weighted by Gasteiger charge is -2.21. The third-order valence-corrected chi connectivity index (χ3v) is 4.31. The van der Waals surface area contributed by atoms with E-state index in [4.69, 9.17) is 5.10 Å². The van der Waals surface area contributed by atoms with Crippen molar-refractivity contribution < 1.29 is 4.79 Å². The summed E-state index contributed by atoms with van der Waals surface area (Å²) < 4.78 is 2.15. The number of aromatic nitrogens is 2. The highest BCUT2D eigenvalue weighted by atomic mass is 16.1. The fourth-order valence-electron chi connectivity index (χ4n) is 3.29. The quantitative estimate of drug-likeness (QED) is 0.848. The van der Waals surface area contributed by atoms with E-state index in [0.717, 1.165) is 25.0 Å². The third-order valence-electron chi connectivity index (χ3n) is 4.31. The Morgan fingerprint density at radius 1 is 1.37 bits per heavy atom. The second kappa shape index (κ2) is 5.19. The Kier molecular flexibility index (Phi) is 3.40. The van der Waals surface area contributed by atoms with Gasteiger partial charge in [-0.2, -0.15) is 5.10 Å². The molecule has 4 heteroatoms. The molecule has 0 aromatic carbocycles. The molecule has 0 spiro atoms. The van der Waals surface area contributed by atoms with E-state index in [1.165, 1.54) is 37.3 Å². The van der Waals surface area contributed by atoms with Crippen LogP contribution in [0.5, 0.6) is 0 Å². The first kappa shape index (κ1) is 12.5. The van der Waals surface area contributed by atoms with Crippen LogP contribution in [-0.2, 0) is 11.2 Å². The molecule has 0 unspecified atom stereocenters. The predicted molar refractivity (Wildman–Crippen MR) is 73.8 cm³/mol. The van der Waals surface area contributed by atoms with Crippen molar-refractivity contribution in [2.75, 3.05) is 0 Å². The van der Waals surface area contributed by atoms with Crippen LogP contribution in [0.1, 0.15) is 61.9 Å². The van der Waals surface area contributed by atoms with E-state index >= 15 is 0 Å². The lowest BCUT2D eigenvalue weighted by atomic mass is 9.94. The van der Waals surface area contributed by atoms with Crippen molar-refractivity contribution in [1.82, 2.24) is 15.1 Å². The van der Waals surface area contributed by atoms with E-state index < -0.39 is 0 Å². The monoisotopic (exact) mass is 259 g/mol. The number of carbonyl (C=O) groups excluding carboxylic acids is 1. The Bertz CT molecular complexity index is 486. The Morgan fingerprint density at radius 2 is 2.16 bits per heavy atom. The summed E-state index contributed by atoms with van der Waals surface area (Å²) in [7, 11) is 0. The molecule has 1 aromatic heterocycles. The summed E-state index contributed by atoms with van der Waals surface area (Å²) in [5.74, 6) is -0.103. The van der Waals surface area contributed by atoms with Crippen LogP contribution in [0, 0.1) is 0 Å². The van der Waals surface area contributed by atoms with Gasteiger partial charge < -0.3 is 5.32 Å². The molecular formula is C15H21N3O.